The number of carbonyl (C=O) groups is 1. The van der Waals surface area contributed by atoms with E-state index in [-0.39, 0.29) is 23.3 Å². The smallest absolute Gasteiger partial charge is 0.348 e. The van der Waals surface area contributed by atoms with Crippen LogP contribution in [0.2, 0.25) is 5.02 Å². The van der Waals surface area contributed by atoms with Crippen molar-refractivity contribution in [3.05, 3.63) is 45.8 Å². The maximum atomic E-state index is 13.2. The molecule has 0 bridgehead atoms. The van der Waals surface area contributed by atoms with Crippen molar-refractivity contribution in [2.24, 2.45) is 0 Å². The number of ether oxygens (including phenoxy) is 2. The molecule has 0 aliphatic heterocycles. The summed E-state index contributed by atoms with van der Waals surface area (Å²) in [5, 5.41) is 0.728. The van der Waals surface area contributed by atoms with Crippen LogP contribution in [-0.2, 0) is 4.74 Å². The highest BCUT2D eigenvalue weighted by Gasteiger charge is 2.21. The maximum absolute atomic E-state index is 13.2. The third-order valence-corrected chi connectivity index (χ3v) is 4.73. The molecule has 0 saturated heterocycles. The molecule has 2 heterocycles. The molecule has 3 rings (SSSR count). The summed E-state index contributed by atoms with van der Waals surface area (Å²) in [5.74, 6) is -0.362. The molecule has 24 heavy (non-hydrogen) atoms. The quantitative estimate of drug-likeness (QED) is 0.623. The fourth-order valence-corrected chi connectivity index (χ4v) is 3.41. The molecular weight excluding hydrogens is 355 g/mol. The van der Waals surface area contributed by atoms with Crippen LogP contribution in [0.15, 0.2) is 24.5 Å². The van der Waals surface area contributed by atoms with E-state index in [2.05, 4.69) is 9.97 Å². The molecule has 2 aromatic heterocycles. The summed E-state index contributed by atoms with van der Waals surface area (Å²) in [7, 11) is 0. The van der Waals surface area contributed by atoms with E-state index < -0.39 is 11.8 Å². The summed E-state index contributed by atoms with van der Waals surface area (Å²) in [6, 6.07) is 3.81. The Morgan fingerprint density at radius 3 is 2.88 bits per heavy atom. The van der Waals surface area contributed by atoms with Gasteiger partial charge in [-0.3, -0.25) is 0 Å². The van der Waals surface area contributed by atoms with E-state index in [1.54, 1.807) is 13.8 Å². The number of hydrogen-bond acceptors (Lipinski definition) is 6. The van der Waals surface area contributed by atoms with Gasteiger partial charge in [0.15, 0.2) is 0 Å². The van der Waals surface area contributed by atoms with E-state index >= 15 is 0 Å². The van der Waals surface area contributed by atoms with Gasteiger partial charge in [-0.1, -0.05) is 11.6 Å². The first kappa shape index (κ1) is 16.6. The predicted molar refractivity (Wildman–Crippen MR) is 89.6 cm³/mol. The number of aryl methyl sites for hydroxylation is 1. The van der Waals surface area contributed by atoms with Crippen LogP contribution in [-0.4, -0.2) is 22.5 Å². The van der Waals surface area contributed by atoms with E-state index in [1.807, 2.05) is 0 Å². The summed E-state index contributed by atoms with van der Waals surface area (Å²) in [6.45, 7) is 3.80. The van der Waals surface area contributed by atoms with Gasteiger partial charge < -0.3 is 9.47 Å². The van der Waals surface area contributed by atoms with Crippen LogP contribution in [0.4, 0.5) is 4.39 Å². The van der Waals surface area contributed by atoms with Crippen molar-refractivity contribution >= 4 is 39.1 Å². The normalized spacial score (nSPS) is 10.8. The fourth-order valence-electron chi connectivity index (χ4n) is 2.17. The van der Waals surface area contributed by atoms with Crippen LogP contribution in [0, 0.1) is 12.7 Å². The lowest BCUT2D eigenvalue weighted by atomic mass is 10.2. The zero-order valence-corrected chi connectivity index (χ0v) is 14.4. The van der Waals surface area contributed by atoms with Gasteiger partial charge in [0, 0.05) is 0 Å². The number of esters is 1. The summed E-state index contributed by atoms with van der Waals surface area (Å²) >= 11 is 7.19. The van der Waals surface area contributed by atoms with E-state index in [0.717, 1.165) is 6.07 Å². The second-order valence-electron chi connectivity index (χ2n) is 4.81. The third kappa shape index (κ3) is 3.05. The molecule has 8 heteroatoms. The minimum atomic E-state index is -0.462. The monoisotopic (exact) mass is 366 g/mol. The summed E-state index contributed by atoms with van der Waals surface area (Å²) < 4.78 is 23.9. The third-order valence-electron chi connectivity index (χ3n) is 3.25. The van der Waals surface area contributed by atoms with E-state index in [4.69, 9.17) is 21.1 Å². The Bertz CT molecular complexity index is 929. The highest BCUT2D eigenvalue weighted by atomic mass is 35.5. The molecule has 0 amide bonds. The number of fused-ring (bicyclic) bond motifs is 1. The van der Waals surface area contributed by atoms with Crippen LogP contribution in [0.1, 0.15) is 22.2 Å². The topological polar surface area (TPSA) is 61.3 Å². The van der Waals surface area contributed by atoms with Gasteiger partial charge in [0.05, 0.1) is 17.0 Å². The first-order valence-electron chi connectivity index (χ1n) is 7.05. The standard InChI is InChI=1S/C16H12ClFN2O3S/c1-3-22-16(21)13-8(2)12-14(19-7-20-15(12)24-13)23-11-5-4-9(18)6-10(11)17/h4-7H,3H2,1-2H3. The second-order valence-corrected chi connectivity index (χ2v) is 6.22. The molecule has 0 N–H and O–H groups in total. The Kier molecular flexibility index (Phi) is 4.64. The summed E-state index contributed by atoms with van der Waals surface area (Å²) in [4.78, 5) is 21.4. The van der Waals surface area contributed by atoms with Crippen molar-refractivity contribution in [3.8, 4) is 11.6 Å². The van der Waals surface area contributed by atoms with E-state index in [9.17, 15) is 9.18 Å². The first-order valence-corrected chi connectivity index (χ1v) is 8.24. The van der Waals surface area contributed by atoms with Crippen LogP contribution in [0.3, 0.4) is 0 Å². The highest BCUT2D eigenvalue weighted by molar-refractivity contribution is 7.20. The van der Waals surface area contributed by atoms with Gasteiger partial charge in [0.2, 0.25) is 5.88 Å². The lowest BCUT2D eigenvalue weighted by molar-refractivity contribution is 0.0531. The van der Waals surface area contributed by atoms with Gasteiger partial charge in [-0.25, -0.2) is 19.2 Å². The Morgan fingerprint density at radius 1 is 1.38 bits per heavy atom. The SMILES string of the molecule is CCOC(=O)c1sc2ncnc(Oc3ccc(F)cc3Cl)c2c1C. The molecule has 0 unspecified atom stereocenters. The van der Waals surface area contributed by atoms with Crippen molar-refractivity contribution in [2.75, 3.05) is 6.61 Å². The first-order chi connectivity index (χ1) is 11.5. The number of thiophene rings is 1. The van der Waals surface area contributed by atoms with Gasteiger partial charge in [-0.2, -0.15) is 0 Å². The largest absolute Gasteiger partial charge is 0.462 e. The lowest BCUT2D eigenvalue weighted by Gasteiger charge is -2.08. The van der Waals surface area contributed by atoms with Crippen LogP contribution in [0.25, 0.3) is 10.2 Å². The Morgan fingerprint density at radius 2 is 2.17 bits per heavy atom. The van der Waals surface area contributed by atoms with Crippen molar-refractivity contribution in [3.63, 3.8) is 0 Å². The highest BCUT2D eigenvalue weighted by Crippen LogP contribution is 2.38. The Balaban J connectivity index is 2.07. The molecular formula is C16H12ClFN2O3S. The molecule has 0 spiro atoms. The van der Waals surface area contributed by atoms with Crippen LogP contribution in [0.5, 0.6) is 11.6 Å². The van der Waals surface area contributed by atoms with E-state index in [1.165, 1.54) is 29.8 Å². The summed E-state index contributed by atoms with van der Waals surface area (Å²) in [5.41, 5.74) is 0.669. The molecule has 0 aliphatic carbocycles. The molecule has 0 atom stereocenters. The second kappa shape index (κ2) is 6.70. The molecule has 0 radical (unpaired) electrons. The molecule has 5 nitrogen and oxygen atoms in total. The van der Waals surface area contributed by atoms with E-state index in [0.29, 0.717) is 20.7 Å². The Hall–Kier alpha value is -2.25. The number of benzene rings is 1. The molecule has 0 aliphatic rings. The van der Waals surface area contributed by atoms with Crippen molar-refractivity contribution in [2.45, 2.75) is 13.8 Å². The zero-order chi connectivity index (χ0) is 17.3. The molecule has 0 saturated carbocycles. The maximum Gasteiger partial charge on any atom is 0.348 e. The minimum Gasteiger partial charge on any atom is -0.462 e. The van der Waals surface area contributed by atoms with Crippen molar-refractivity contribution < 1.29 is 18.7 Å². The van der Waals surface area contributed by atoms with Gasteiger partial charge >= 0.3 is 5.97 Å². The molecule has 3 aromatic rings. The molecule has 124 valence electrons. The number of halogens is 2. The average molecular weight is 367 g/mol. The molecule has 0 fully saturated rings. The Labute approximate surface area is 146 Å². The van der Waals surface area contributed by atoms with Gasteiger partial charge in [-0.15, -0.1) is 11.3 Å². The van der Waals surface area contributed by atoms with Gasteiger partial charge in [-0.05, 0) is 37.6 Å². The van der Waals surface area contributed by atoms with Crippen molar-refractivity contribution in [1.29, 1.82) is 0 Å². The summed E-state index contributed by atoms with van der Waals surface area (Å²) in [6.07, 6.45) is 1.33. The lowest BCUT2D eigenvalue weighted by Crippen LogP contribution is -2.03. The number of hydrogen-bond donors (Lipinski definition) is 0. The van der Waals surface area contributed by atoms with Gasteiger partial charge in [0.1, 0.15) is 27.6 Å². The molecule has 1 aromatic carbocycles. The van der Waals surface area contributed by atoms with Crippen LogP contribution >= 0.6 is 22.9 Å². The number of aromatic nitrogens is 2. The van der Waals surface area contributed by atoms with Gasteiger partial charge in [0.25, 0.3) is 0 Å². The average Bonchev–Trinajstić information content (AvgIpc) is 2.88. The number of nitrogens with zero attached hydrogens (tertiary/aromatic N) is 2. The number of carbonyl (C=O) groups excluding carboxylic acids is 1. The predicted octanol–water partition coefficient (Wildman–Crippen LogP) is 4.76. The number of rotatable bonds is 4. The fraction of sp³-hybridized carbons (Fsp3) is 0.188. The van der Waals surface area contributed by atoms with Crippen molar-refractivity contribution in [1.82, 2.24) is 9.97 Å². The zero-order valence-electron chi connectivity index (χ0n) is 12.8. The van der Waals surface area contributed by atoms with Crippen LogP contribution < -0.4 is 4.74 Å². The minimum absolute atomic E-state index is 0.125.